The number of rotatable bonds is 0. The zero-order valence-corrected chi connectivity index (χ0v) is 6.18. The number of H-pyrrole nitrogens is 1. The molecule has 0 aliphatic rings. The molecule has 0 saturated carbocycles. The molecule has 1 heterocycles. The van der Waals surface area contributed by atoms with Gasteiger partial charge in [0, 0.05) is 6.20 Å². The molecular weight excluding hydrogens is 126 g/mol. The summed E-state index contributed by atoms with van der Waals surface area (Å²) in [4.78, 5) is 2.67. The molecule has 0 amide bonds. The van der Waals surface area contributed by atoms with Gasteiger partial charge < -0.3 is 10.7 Å². The summed E-state index contributed by atoms with van der Waals surface area (Å²) in [7, 11) is 0. The van der Waals surface area contributed by atoms with Crippen LogP contribution in [0.4, 0.5) is 5.82 Å². The molecule has 3 nitrogen and oxygen atoms in total. The van der Waals surface area contributed by atoms with Crippen LogP contribution in [0.5, 0.6) is 0 Å². The average molecular weight is 137 g/mol. The van der Waals surface area contributed by atoms with Crippen LogP contribution in [0.1, 0.15) is 19.4 Å². The van der Waals surface area contributed by atoms with Gasteiger partial charge in [0.2, 0.25) is 0 Å². The van der Waals surface area contributed by atoms with Crippen molar-refractivity contribution in [2.24, 2.45) is 0 Å². The van der Waals surface area contributed by atoms with Crippen LogP contribution in [0.2, 0.25) is 0 Å². The Labute approximate surface area is 60.5 Å². The molecule has 3 N–H and O–H groups in total. The maximum atomic E-state index is 8.26. The minimum Gasteiger partial charge on any atom is -0.384 e. The number of hydrogen-bond acceptors (Lipinski definition) is 2. The third kappa shape index (κ3) is 1.82. The molecule has 54 valence electrons. The van der Waals surface area contributed by atoms with Gasteiger partial charge in [-0.05, 0) is 6.07 Å². The number of aromatic amines is 1. The van der Waals surface area contributed by atoms with Crippen molar-refractivity contribution in [3.05, 3.63) is 17.8 Å². The number of nitriles is 1. The normalized spacial score (nSPS) is 7.30. The Morgan fingerprint density at radius 3 is 2.40 bits per heavy atom. The number of hydrogen-bond donors (Lipinski definition) is 2. The highest BCUT2D eigenvalue weighted by Crippen LogP contribution is 2.04. The number of aromatic nitrogens is 1. The molecule has 0 bridgehead atoms. The molecule has 0 radical (unpaired) electrons. The first-order valence-electron chi connectivity index (χ1n) is 3.17. The first-order valence-corrected chi connectivity index (χ1v) is 3.17. The summed E-state index contributed by atoms with van der Waals surface area (Å²) >= 11 is 0. The lowest BCUT2D eigenvalue weighted by Crippen LogP contribution is -1.85. The Kier molecular flexibility index (Phi) is 3.81. The highest BCUT2D eigenvalue weighted by Gasteiger charge is 1.93. The van der Waals surface area contributed by atoms with Gasteiger partial charge in [0.15, 0.2) is 0 Å². The highest BCUT2D eigenvalue weighted by atomic mass is 14.8. The smallest absolute Gasteiger partial charge is 0.118 e. The average Bonchev–Trinajstić information content (AvgIpc) is 2.39. The summed E-state index contributed by atoms with van der Waals surface area (Å²) in [5.74, 6) is 0.438. The monoisotopic (exact) mass is 137 g/mol. The summed E-state index contributed by atoms with van der Waals surface area (Å²) in [6.07, 6.45) is 1.63. The SMILES string of the molecule is CC.N#Cc1cc[nH]c1N. The van der Waals surface area contributed by atoms with Crippen LogP contribution in [0.15, 0.2) is 12.3 Å². The molecule has 0 fully saturated rings. The molecule has 0 unspecified atom stereocenters. The van der Waals surface area contributed by atoms with Crippen molar-refractivity contribution in [2.75, 3.05) is 5.73 Å². The van der Waals surface area contributed by atoms with Crippen LogP contribution in [0.3, 0.4) is 0 Å². The quantitative estimate of drug-likeness (QED) is 0.569. The second-order valence-electron chi connectivity index (χ2n) is 1.42. The summed E-state index contributed by atoms with van der Waals surface area (Å²) < 4.78 is 0. The second kappa shape index (κ2) is 4.45. The van der Waals surface area contributed by atoms with Crippen molar-refractivity contribution >= 4 is 5.82 Å². The van der Waals surface area contributed by atoms with E-state index in [1.807, 2.05) is 19.9 Å². The van der Waals surface area contributed by atoms with Crippen molar-refractivity contribution in [3.8, 4) is 6.07 Å². The fraction of sp³-hybridized carbons (Fsp3) is 0.286. The second-order valence-corrected chi connectivity index (χ2v) is 1.42. The number of nitrogen functional groups attached to an aromatic ring is 1. The van der Waals surface area contributed by atoms with Crippen molar-refractivity contribution in [1.29, 1.82) is 5.26 Å². The molecule has 0 spiro atoms. The number of nitrogens with one attached hydrogen (secondary N) is 1. The van der Waals surface area contributed by atoms with Crippen LogP contribution >= 0.6 is 0 Å². The molecule has 1 aromatic heterocycles. The predicted molar refractivity (Wildman–Crippen MR) is 41.3 cm³/mol. The summed E-state index contributed by atoms with van der Waals surface area (Å²) in [5, 5.41) is 8.26. The van der Waals surface area contributed by atoms with E-state index < -0.39 is 0 Å². The summed E-state index contributed by atoms with van der Waals surface area (Å²) in [6, 6.07) is 3.55. The Hall–Kier alpha value is -1.43. The van der Waals surface area contributed by atoms with Gasteiger partial charge in [0.1, 0.15) is 11.9 Å². The molecule has 0 saturated heterocycles. The predicted octanol–water partition coefficient (Wildman–Crippen LogP) is 1.49. The Morgan fingerprint density at radius 2 is 2.20 bits per heavy atom. The van der Waals surface area contributed by atoms with Crippen LogP contribution in [0, 0.1) is 11.3 Å². The summed E-state index contributed by atoms with van der Waals surface area (Å²) in [6.45, 7) is 4.00. The van der Waals surface area contributed by atoms with Crippen molar-refractivity contribution in [3.63, 3.8) is 0 Å². The first kappa shape index (κ1) is 8.57. The minimum absolute atomic E-state index is 0.438. The molecule has 1 aromatic rings. The van der Waals surface area contributed by atoms with E-state index in [1.165, 1.54) is 0 Å². The van der Waals surface area contributed by atoms with E-state index in [-0.39, 0.29) is 0 Å². The van der Waals surface area contributed by atoms with Gasteiger partial charge in [-0.2, -0.15) is 5.26 Å². The largest absolute Gasteiger partial charge is 0.384 e. The van der Waals surface area contributed by atoms with Gasteiger partial charge >= 0.3 is 0 Å². The molecular formula is C7H11N3. The Balaban J connectivity index is 0.000000371. The molecule has 0 aliphatic heterocycles. The third-order valence-electron chi connectivity index (χ3n) is 0.899. The molecule has 0 atom stereocenters. The zero-order chi connectivity index (χ0) is 7.98. The fourth-order valence-corrected chi connectivity index (χ4v) is 0.480. The van der Waals surface area contributed by atoms with Gasteiger partial charge in [-0.1, -0.05) is 13.8 Å². The standard InChI is InChI=1S/C5H5N3.C2H6/c6-3-4-1-2-8-5(4)7;1-2/h1-2,8H,7H2;1-2H3. The Morgan fingerprint density at radius 1 is 1.60 bits per heavy atom. The van der Waals surface area contributed by atoms with Gasteiger partial charge in [-0.15, -0.1) is 0 Å². The molecule has 1 rings (SSSR count). The van der Waals surface area contributed by atoms with Crippen molar-refractivity contribution in [2.45, 2.75) is 13.8 Å². The van der Waals surface area contributed by atoms with Crippen LogP contribution < -0.4 is 5.73 Å². The van der Waals surface area contributed by atoms with E-state index in [1.54, 1.807) is 12.3 Å². The number of anilines is 1. The number of nitrogens with zero attached hydrogens (tertiary/aromatic N) is 1. The topological polar surface area (TPSA) is 65.6 Å². The highest BCUT2D eigenvalue weighted by molar-refractivity contribution is 5.48. The van der Waals surface area contributed by atoms with Crippen LogP contribution in [0.25, 0.3) is 0 Å². The fourth-order valence-electron chi connectivity index (χ4n) is 0.480. The summed E-state index contributed by atoms with van der Waals surface area (Å²) in [5.41, 5.74) is 5.78. The van der Waals surface area contributed by atoms with E-state index in [0.717, 1.165) is 0 Å². The van der Waals surface area contributed by atoms with Gasteiger partial charge in [0.25, 0.3) is 0 Å². The lowest BCUT2D eigenvalue weighted by atomic mass is 10.3. The van der Waals surface area contributed by atoms with Crippen LogP contribution in [-0.2, 0) is 0 Å². The Bertz CT molecular complexity index is 219. The molecule has 10 heavy (non-hydrogen) atoms. The van der Waals surface area contributed by atoms with Crippen molar-refractivity contribution < 1.29 is 0 Å². The first-order chi connectivity index (χ1) is 4.84. The molecule has 0 aromatic carbocycles. The molecule has 0 aliphatic carbocycles. The van der Waals surface area contributed by atoms with E-state index in [0.29, 0.717) is 11.4 Å². The maximum absolute atomic E-state index is 8.26. The molecule has 3 heteroatoms. The number of nitrogens with two attached hydrogens (primary N) is 1. The van der Waals surface area contributed by atoms with E-state index >= 15 is 0 Å². The third-order valence-corrected chi connectivity index (χ3v) is 0.899. The van der Waals surface area contributed by atoms with Gasteiger partial charge in [0.05, 0.1) is 5.56 Å². The van der Waals surface area contributed by atoms with Gasteiger partial charge in [-0.25, -0.2) is 0 Å². The van der Waals surface area contributed by atoms with E-state index in [2.05, 4.69) is 4.98 Å². The zero-order valence-electron chi connectivity index (χ0n) is 6.18. The minimum atomic E-state index is 0.438. The maximum Gasteiger partial charge on any atom is 0.118 e. The van der Waals surface area contributed by atoms with Gasteiger partial charge in [-0.3, -0.25) is 0 Å². The lowest BCUT2D eigenvalue weighted by Gasteiger charge is -1.79. The van der Waals surface area contributed by atoms with Crippen molar-refractivity contribution in [1.82, 2.24) is 4.98 Å². The van der Waals surface area contributed by atoms with Crippen LogP contribution in [-0.4, -0.2) is 4.98 Å². The van der Waals surface area contributed by atoms with E-state index in [4.69, 9.17) is 11.0 Å². The lowest BCUT2D eigenvalue weighted by molar-refractivity contribution is 1.41. The van der Waals surface area contributed by atoms with E-state index in [9.17, 15) is 0 Å².